The van der Waals surface area contributed by atoms with Gasteiger partial charge in [0.15, 0.2) is 5.82 Å². The lowest BCUT2D eigenvalue weighted by molar-refractivity contribution is -0.121. The van der Waals surface area contributed by atoms with Gasteiger partial charge in [0.05, 0.1) is 0 Å². The van der Waals surface area contributed by atoms with Gasteiger partial charge in [-0.1, -0.05) is 0 Å². The van der Waals surface area contributed by atoms with Crippen molar-refractivity contribution >= 4 is 11.7 Å². The summed E-state index contributed by atoms with van der Waals surface area (Å²) in [5, 5.41) is 2.40. The SMILES string of the molecule is CNC(=O)Cn1ccnc(N)c1=O. The van der Waals surface area contributed by atoms with Gasteiger partial charge in [-0.25, -0.2) is 4.98 Å². The first-order valence-electron chi connectivity index (χ1n) is 3.66. The molecule has 1 rings (SSSR count). The molecule has 0 bridgehead atoms. The summed E-state index contributed by atoms with van der Waals surface area (Å²) in [5.74, 6) is -0.362. The average Bonchev–Trinajstić information content (AvgIpc) is 2.13. The topological polar surface area (TPSA) is 90.0 Å². The molecule has 3 N–H and O–H groups in total. The minimum absolute atomic E-state index is 0.0396. The standard InChI is InChI=1S/C7H10N4O2/c1-9-5(12)4-11-3-2-10-6(8)7(11)13/h2-3H,4H2,1H3,(H2,8,10)(H,9,12). The number of nitrogens with one attached hydrogen (secondary N) is 1. The van der Waals surface area contributed by atoms with Crippen LogP contribution in [0.15, 0.2) is 17.2 Å². The van der Waals surface area contributed by atoms with Crippen LogP contribution in [0.1, 0.15) is 0 Å². The number of anilines is 1. The number of nitrogens with zero attached hydrogens (tertiary/aromatic N) is 2. The molecule has 0 unspecified atom stereocenters. The van der Waals surface area contributed by atoms with E-state index in [9.17, 15) is 9.59 Å². The fraction of sp³-hybridized carbons (Fsp3) is 0.286. The molecule has 13 heavy (non-hydrogen) atoms. The number of carbonyl (C=O) groups is 1. The zero-order chi connectivity index (χ0) is 9.84. The summed E-state index contributed by atoms with van der Waals surface area (Å²) < 4.78 is 1.20. The molecule has 6 heteroatoms. The number of amides is 1. The minimum atomic E-state index is -0.453. The maximum atomic E-state index is 11.2. The second-order valence-electron chi connectivity index (χ2n) is 2.42. The van der Waals surface area contributed by atoms with E-state index >= 15 is 0 Å². The Hall–Kier alpha value is -1.85. The van der Waals surface area contributed by atoms with Crippen molar-refractivity contribution in [2.75, 3.05) is 12.8 Å². The molecule has 1 heterocycles. The lowest BCUT2D eigenvalue weighted by Gasteiger charge is -2.03. The van der Waals surface area contributed by atoms with Crippen LogP contribution < -0.4 is 16.6 Å². The Balaban J connectivity index is 2.96. The largest absolute Gasteiger partial charge is 0.379 e. The molecular weight excluding hydrogens is 172 g/mol. The van der Waals surface area contributed by atoms with Crippen molar-refractivity contribution < 1.29 is 4.79 Å². The van der Waals surface area contributed by atoms with Gasteiger partial charge in [-0.3, -0.25) is 9.59 Å². The molecular formula is C7H10N4O2. The van der Waals surface area contributed by atoms with Crippen LogP contribution in [0.4, 0.5) is 5.82 Å². The van der Waals surface area contributed by atoms with E-state index in [1.807, 2.05) is 0 Å². The summed E-state index contributed by atoms with van der Waals surface area (Å²) in [6.45, 7) is -0.0396. The second-order valence-corrected chi connectivity index (χ2v) is 2.42. The summed E-state index contributed by atoms with van der Waals surface area (Å²) in [4.78, 5) is 25.7. The van der Waals surface area contributed by atoms with Gasteiger partial charge >= 0.3 is 0 Å². The lowest BCUT2D eigenvalue weighted by Crippen LogP contribution is -2.31. The van der Waals surface area contributed by atoms with Crippen LogP contribution in [0, 0.1) is 0 Å². The number of hydrogen-bond donors (Lipinski definition) is 2. The molecule has 1 aromatic heterocycles. The maximum absolute atomic E-state index is 11.2. The fourth-order valence-electron chi connectivity index (χ4n) is 0.822. The van der Waals surface area contributed by atoms with E-state index in [4.69, 9.17) is 5.73 Å². The number of rotatable bonds is 2. The highest BCUT2D eigenvalue weighted by atomic mass is 16.2. The van der Waals surface area contributed by atoms with Gasteiger partial charge in [-0.05, 0) is 0 Å². The van der Waals surface area contributed by atoms with Gasteiger partial charge in [0, 0.05) is 19.4 Å². The van der Waals surface area contributed by atoms with Gasteiger partial charge in [0.1, 0.15) is 6.54 Å². The first kappa shape index (κ1) is 9.24. The Kier molecular flexibility index (Phi) is 2.63. The van der Waals surface area contributed by atoms with Gasteiger partial charge < -0.3 is 15.6 Å². The third-order valence-electron chi connectivity index (χ3n) is 1.53. The fourth-order valence-corrected chi connectivity index (χ4v) is 0.822. The van der Waals surface area contributed by atoms with Crippen LogP contribution in [0.3, 0.4) is 0 Å². The first-order chi connectivity index (χ1) is 6.15. The zero-order valence-corrected chi connectivity index (χ0v) is 7.15. The molecule has 0 saturated heterocycles. The molecule has 0 fully saturated rings. The molecule has 1 aromatic rings. The predicted molar refractivity (Wildman–Crippen MR) is 47.0 cm³/mol. The molecule has 0 saturated carbocycles. The Bertz CT molecular complexity index is 371. The quantitative estimate of drug-likeness (QED) is 0.586. The van der Waals surface area contributed by atoms with Crippen LogP contribution >= 0.6 is 0 Å². The van der Waals surface area contributed by atoms with Crippen LogP contribution in [-0.2, 0) is 11.3 Å². The summed E-state index contributed by atoms with van der Waals surface area (Å²) in [6, 6.07) is 0. The molecule has 0 aliphatic carbocycles. The van der Waals surface area contributed by atoms with Crippen molar-refractivity contribution in [2.45, 2.75) is 6.54 Å². The molecule has 0 aliphatic rings. The molecule has 6 nitrogen and oxygen atoms in total. The zero-order valence-electron chi connectivity index (χ0n) is 7.15. The van der Waals surface area contributed by atoms with Gasteiger partial charge in [0.25, 0.3) is 5.56 Å². The number of likely N-dealkylation sites (N-methyl/N-ethyl adjacent to an activating group) is 1. The summed E-state index contributed by atoms with van der Waals surface area (Å²) in [7, 11) is 1.50. The van der Waals surface area contributed by atoms with E-state index in [1.54, 1.807) is 0 Å². The number of nitrogens with two attached hydrogens (primary N) is 1. The molecule has 0 aliphatic heterocycles. The Labute approximate surface area is 74.4 Å². The Morgan fingerprint density at radius 3 is 3.08 bits per heavy atom. The van der Waals surface area contributed by atoms with Crippen molar-refractivity contribution in [3.05, 3.63) is 22.7 Å². The Morgan fingerprint density at radius 1 is 1.77 bits per heavy atom. The molecule has 0 spiro atoms. The molecule has 0 aromatic carbocycles. The third-order valence-corrected chi connectivity index (χ3v) is 1.53. The summed E-state index contributed by atoms with van der Waals surface area (Å²) in [5.41, 5.74) is 4.81. The molecule has 0 radical (unpaired) electrons. The minimum Gasteiger partial charge on any atom is -0.379 e. The van der Waals surface area contributed by atoms with Crippen molar-refractivity contribution in [1.82, 2.24) is 14.9 Å². The normalized spacial score (nSPS) is 9.62. The van der Waals surface area contributed by atoms with Crippen molar-refractivity contribution in [3.63, 3.8) is 0 Å². The van der Waals surface area contributed by atoms with Crippen LogP contribution in [0.2, 0.25) is 0 Å². The number of carbonyl (C=O) groups excluding carboxylic acids is 1. The van der Waals surface area contributed by atoms with E-state index < -0.39 is 5.56 Å². The number of nitrogen functional groups attached to an aromatic ring is 1. The summed E-state index contributed by atoms with van der Waals surface area (Å²) in [6.07, 6.45) is 2.79. The van der Waals surface area contributed by atoms with Crippen molar-refractivity contribution in [3.8, 4) is 0 Å². The Morgan fingerprint density at radius 2 is 2.46 bits per heavy atom. The van der Waals surface area contributed by atoms with Crippen molar-refractivity contribution in [2.24, 2.45) is 0 Å². The highest BCUT2D eigenvalue weighted by Crippen LogP contribution is 1.85. The number of hydrogen-bond acceptors (Lipinski definition) is 4. The van der Waals surface area contributed by atoms with E-state index in [2.05, 4.69) is 10.3 Å². The van der Waals surface area contributed by atoms with E-state index in [1.165, 1.54) is 24.0 Å². The average molecular weight is 182 g/mol. The van der Waals surface area contributed by atoms with Gasteiger partial charge in [-0.15, -0.1) is 0 Å². The van der Waals surface area contributed by atoms with Crippen LogP contribution in [-0.4, -0.2) is 22.5 Å². The van der Waals surface area contributed by atoms with Gasteiger partial charge in [0.2, 0.25) is 5.91 Å². The third kappa shape index (κ3) is 2.05. The number of aromatic nitrogens is 2. The monoisotopic (exact) mass is 182 g/mol. The van der Waals surface area contributed by atoms with Crippen LogP contribution in [0.5, 0.6) is 0 Å². The highest BCUT2D eigenvalue weighted by molar-refractivity contribution is 5.75. The second kappa shape index (κ2) is 3.70. The van der Waals surface area contributed by atoms with Crippen molar-refractivity contribution in [1.29, 1.82) is 0 Å². The molecule has 70 valence electrons. The maximum Gasteiger partial charge on any atom is 0.293 e. The first-order valence-corrected chi connectivity index (χ1v) is 3.66. The van der Waals surface area contributed by atoms with E-state index in [-0.39, 0.29) is 18.3 Å². The highest BCUT2D eigenvalue weighted by Gasteiger charge is 2.03. The lowest BCUT2D eigenvalue weighted by atomic mass is 10.5. The predicted octanol–water partition coefficient (Wildman–Crippen LogP) is -1.43. The molecule has 1 amide bonds. The van der Waals surface area contributed by atoms with Gasteiger partial charge in [-0.2, -0.15) is 0 Å². The molecule has 0 atom stereocenters. The van der Waals surface area contributed by atoms with Crippen LogP contribution in [0.25, 0.3) is 0 Å². The van der Waals surface area contributed by atoms with E-state index in [0.29, 0.717) is 0 Å². The smallest absolute Gasteiger partial charge is 0.293 e. The summed E-state index contributed by atoms with van der Waals surface area (Å²) >= 11 is 0. The van der Waals surface area contributed by atoms with E-state index in [0.717, 1.165) is 0 Å².